The van der Waals surface area contributed by atoms with Gasteiger partial charge in [-0.2, -0.15) is 0 Å². The van der Waals surface area contributed by atoms with Gasteiger partial charge in [0.1, 0.15) is 17.7 Å². The van der Waals surface area contributed by atoms with Crippen LogP contribution in [0.2, 0.25) is 0 Å². The first-order chi connectivity index (χ1) is 14.5. The van der Waals surface area contributed by atoms with Gasteiger partial charge >= 0.3 is 0 Å². The average Bonchev–Trinajstić information content (AvgIpc) is 2.77. The normalized spacial score (nSPS) is 12.0. The Hall–Kier alpha value is -2.98. The highest BCUT2D eigenvalue weighted by molar-refractivity contribution is 6.09. The minimum Gasteiger partial charge on any atom is -0.486 e. The molecule has 0 amide bonds. The van der Waals surface area contributed by atoms with Gasteiger partial charge in [-0.3, -0.25) is 4.79 Å². The number of carbonyl (C=O) groups excluding carboxylic acids is 1. The predicted octanol–water partition coefficient (Wildman–Crippen LogP) is 5.92. The fourth-order valence-electron chi connectivity index (χ4n) is 3.25. The number of rotatable bonds is 9. The summed E-state index contributed by atoms with van der Waals surface area (Å²) in [4.78, 5) is 12.8. The minimum atomic E-state index is -0.276. The molecule has 3 aromatic rings. The molecule has 0 N–H and O–H groups in total. The zero-order valence-electron chi connectivity index (χ0n) is 17.6. The van der Waals surface area contributed by atoms with Gasteiger partial charge in [-0.25, -0.2) is 9.71 Å². The van der Waals surface area contributed by atoms with Gasteiger partial charge in [0.25, 0.3) is 0 Å². The van der Waals surface area contributed by atoms with Crippen molar-refractivity contribution >= 4 is 5.78 Å². The number of halogens is 1. The molecule has 1 atom stereocenters. The molecule has 0 aliphatic carbocycles. The molecule has 3 aromatic carbocycles. The minimum absolute atomic E-state index is 0.0169. The Balaban J connectivity index is 1.72. The van der Waals surface area contributed by atoms with Crippen molar-refractivity contribution in [2.24, 2.45) is 0 Å². The van der Waals surface area contributed by atoms with Crippen LogP contribution in [0, 0.1) is 5.82 Å². The van der Waals surface area contributed by atoms with Crippen LogP contribution < -0.4 is 10.1 Å². The third kappa shape index (κ3) is 5.55. The summed E-state index contributed by atoms with van der Waals surface area (Å²) in [6, 6.07) is 21.2. The summed E-state index contributed by atoms with van der Waals surface area (Å²) in [5.41, 5.74) is 3.38. The van der Waals surface area contributed by atoms with Crippen molar-refractivity contribution in [2.75, 3.05) is 13.6 Å². The Bertz CT molecular complexity index is 948. The second kappa shape index (κ2) is 10.2. The third-order valence-corrected chi connectivity index (χ3v) is 5.09. The van der Waals surface area contributed by atoms with Crippen LogP contribution in [0.1, 0.15) is 59.3 Å². The van der Waals surface area contributed by atoms with Crippen molar-refractivity contribution in [3.8, 4) is 5.75 Å². The summed E-state index contributed by atoms with van der Waals surface area (Å²) in [5.74, 6) is 0.797. The van der Waals surface area contributed by atoms with Crippen molar-refractivity contribution in [1.82, 2.24) is 5.32 Å². The fourth-order valence-corrected chi connectivity index (χ4v) is 3.25. The van der Waals surface area contributed by atoms with Gasteiger partial charge in [0.05, 0.1) is 0 Å². The van der Waals surface area contributed by atoms with E-state index in [1.54, 1.807) is 43.4 Å². The van der Waals surface area contributed by atoms with Crippen molar-refractivity contribution in [2.45, 2.75) is 32.3 Å². The number of benzene rings is 3. The molecule has 0 saturated carbocycles. The van der Waals surface area contributed by atoms with Crippen LogP contribution in [0.3, 0.4) is 0 Å². The van der Waals surface area contributed by atoms with Crippen molar-refractivity contribution in [3.63, 3.8) is 0 Å². The molecule has 1 radical (unpaired) electrons. The number of nitrogens with zero attached hydrogens (tertiary/aromatic N) is 1. The van der Waals surface area contributed by atoms with Crippen LogP contribution in [0.15, 0.2) is 72.8 Å². The highest BCUT2D eigenvalue weighted by atomic mass is 19.1. The molecule has 30 heavy (non-hydrogen) atoms. The molecule has 0 aliphatic rings. The standard InChI is InChI=1S/C26H27FNO2/c1-18(2)19-4-6-21(7-5-19)26(29)22-10-14-24(15-11-22)30-25(16-17-28-3)20-8-12-23(27)13-9-20/h4-15,18,25H,16-17H2,1-3H3. The average molecular weight is 405 g/mol. The van der Waals surface area contributed by atoms with E-state index in [-0.39, 0.29) is 17.7 Å². The first-order valence-corrected chi connectivity index (χ1v) is 10.2. The van der Waals surface area contributed by atoms with Gasteiger partial charge in [-0.15, -0.1) is 0 Å². The highest BCUT2D eigenvalue weighted by Gasteiger charge is 2.15. The van der Waals surface area contributed by atoms with E-state index in [2.05, 4.69) is 19.2 Å². The van der Waals surface area contributed by atoms with Crippen LogP contribution in [0.5, 0.6) is 5.75 Å². The van der Waals surface area contributed by atoms with Crippen molar-refractivity contribution < 1.29 is 13.9 Å². The zero-order chi connectivity index (χ0) is 21.5. The first-order valence-electron chi connectivity index (χ1n) is 10.2. The molecule has 0 saturated heterocycles. The molecule has 3 nitrogen and oxygen atoms in total. The maximum absolute atomic E-state index is 13.3. The Kier molecular flexibility index (Phi) is 7.36. The number of carbonyl (C=O) groups is 1. The van der Waals surface area contributed by atoms with Gasteiger partial charge in [0.15, 0.2) is 5.78 Å². The molecular formula is C26H27FNO2. The van der Waals surface area contributed by atoms with E-state index in [9.17, 15) is 9.18 Å². The molecule has 1 unspecified atom stereocenters. The summed E-state index contributed by atoms with van der Waals surface area (Å²) in [5, 5.41) is 4.15. The van der Waals surface area contributed by atoms with Crippen LogP contribution in [0.25, 0.3) is 0 Å². The maximum Gasteiger partial charge on any atom is 0.193 e. The van der Waals surface area contributed by atoms with E-state index in [0.717, 1.165) is 5.56 Å². The van der Waals surface area contributed by atoms with Crippen LogP contribution in [0.4, 0.5) is 4.39 Å². The molecule has 155 valence electrons. The molecule has 0 aliphatic heterocycles. The van der Waals surface area contributed by atoms with E-state index < -0.39 is 0 Å². The van der Waals surface area contributed by atoms with E-state index in [1.165, 1.54) is 17.7 Å². The summed E-state index contributed by atoms with van der Waals surface area (Å²) < 4.78 is 19.4. The lowest BCUT2D eigenvalue weighted by molar-refractivity contribution is 0.103. The van der Waals surface area contributed by atoms with E-state index in [1.807, 2.05) is 24.3 Å². The number of hydrogen-bond donors (Lipinski definition) is 0. The topological polar surface area (TPSA) is 40.4 Å². The van der Waals surface area contributed by atoms with Crippen LogP contribution in [-0.2, 0) is 0 Å². The molecular weight excluding hydrogens is 377 g/mol. The SMILES string of the molecule is C[N]CCC(Oc1ccc(C(=O)c2ccc(C(C)C)cc2)cc1)c1ccc(F)cc1. The zero-order valence-corrected chi connectivity index (χ0v) is 17.6. The number of ketones is 1. The monoisotopic (exact) mass is 404 g/mol. The molecule has 0 bridgehead atoms. The molecule has 4 heteroatoms. The van der Waals surface area contributed by atoms with Crippen molar-refractivity contribution in [3.05, 3.63) is 101 Å². The Morgan fingerprint density at radius 2 is 1.40 bits per heavy atom. The third-order valence-electron chi connectivity index (χ3n) is 5.09. The summed E-state index contributed by atoms with van der Waals surface area (Å²) in [6.45, 7) is 4.90. The van der Waals surface area contributed by atoms with Gasteiger partial charge in [-0.05, 0) is 53.4 Å². The Labute approximate surface area is 177 Å². The maximum atomic E-state index is 13.3. The quantitative estimate of drug-likeness (QED) is 0.415. The highest BCUT2D eigenvalue weighted by Crippen LogP contribution is 2.26. The van der Waals surface area contributed by atoms with Crippen LogP contribution >= 0.6 is 0 Å². The second-order valence-corrected chi connectivity index (χ2v) is 7.62. The van der Waals surface area contributed by atoms with Crippen LogP contribution in [-0.4, -0.2) is 19.4 Å². The van der Waals surface area contributed by atoms with E-state index in [4.69, 9.17) is 4.74 Å². The van der Waals surface area contributed by atoms with Gasteiger partial charge in [0.2, 0.25) is 0 Å². The van der Waals surface area contributed by atoms with Gasteiger partial charge in [0, 0.05) is 31.1 Å². The van der Waals surface area contributed by atoms with Gasteiger partial charge in [-0.1, -0.05) is 50.2 Å². The first kappa shape index (κ1) is 21.7. The lowest BCUT2D eigenvalue weighted by Crippen LogP contribution is -2.13. The lowest BCUT2D eigenvalue weighted by Gasteiger charge is -2.19. The molecule has 0 spiro atoms. The van der Waals surface area contributed by atoms with E-state index >= 15 is 0 Å². The summed E-state index contributed by atoms with van der Waals surface area (Å²) in [7, 11) is 1.76. The second-order valence-electron chi connectivity index (χ2n) is 7.62. The summed E-state index contributed by atoms with van der Waals surface area (Å²) >= 11 is 0. The summed E-state index contributed by atoms with van der Waals surface area (Å²) in [6.07, 6.45) is 0.449. The molecule has 3 rings (SSSR count). The number of ether oxygens (including phenoxy) is 1. The smallest absolute Gasteiger partial charge is 0.193 e. The van der Waals surface area contributed by atoms with Gasteiger partial charge < -0.3 is 4.74 Å². The Morgan fingerprint density at radius 3 is 1.93 bits per heavy atom. The van der Waals surface area contributed by atoms with Crippen molar-refractivity contribution in [1.29, 1.82) is 0 Å². The molecule has 0 fully saturated rings. The van der Waals surface area contributed by atoms with E-state index in [0.29, 0.717) is 35.8 Å². The lowest BCUT2D eigenvalue weighted by atomic mass is 9.98. The molecule has 0 aromatic heterocycles. The predicted molar refractivity (Wildman–Crippen MR) is 118 cm³/mol. The number of hydrogen-bond acceptors (Lipinski definition) is 2. The fraction of sp³-hybridized carbons (Fsp3) is 0.269. The molecule has 0 heterocycles. The largest absolute Gasteiger partial charge is 0.486 e. The Morgan fingerprint density at radius 1 is 0.867 bits per heavy atom.